The van der Waals surface area contributed by atoms with Gasteiger partial charge in [-0.1, -0.05) is 48.5 Å². The molecule has 4 N–H and O–H groups in total. The second kappa shape index (κ2) is 13.1. The molecule has 4 heterocycles. The number of carbonyl (C=O) groups is 4. The number of nitrogens with one attached hydrogen (secondary N) is 4. The van der Waals surface area contributed by atoms with Crippen LogP contribution in [-0.2, 0) is 19.1 Å². The number of hydrogen-bond acceptors (Lipinski definition) is 8. The molecule has 0 radical (unpaired) electrons. The molecule has 0 bridgehead atoms. The maximum Gasteiger partial charge on any atom is 0.407 e. The quantitative estimate of drug-likeness (QED) is 0.189. The monoisotopic (exact) mass is 706 g/mol. The smallest absolute Gasteiger partial charge is 0.407 e. The van der Waals surface area contributed by atoms with Crippen LogP contribution in [0.15, 0.2) is 60.9 Å². The van der Waals surface area contributed by atoms with Crippen LogP contribution in [0.5, 0.6) is 0 Å². The molecular formula is C38H42N8O6. The summed E-state index contributed by atoms with van der Waals surface area (Å²) < 4.78 is 9.24. The van der Waals surface area contributed by atoms with Crippen molar-refractivity contribution in [3.05, 3.63) is 72.6 Å². The van der Waals surface area contributed by atoms with Crippen LogP contribution in [0, 0.1) is 10.8 Å². The van der Waals surface area contributed by atoms with Gasteiger partial charge in [-0.05, 0) is 71.6 Å². The zero-order valence-corrected chi connectivity index (χ0v) is 29.2. The van der Waals surface area contributed by atoms with E-state index >= 15 is 0 Å². The van der Waals surface area contributed by atoms with Gasteiger partial charge in [0.1, 0.15) is 24.7 Å². The first-order chi connectivity index (χ1) is 25.2. The van der Waals surface area contributed by atoms with Gasteiger partial charge in [0, 0.05) is 13.1 Å². The molecule has 270 valence electrons. The summed E-state index contributed by atoms with van der Waals surface area (Å²) in [5.74, 6) is 1.21. The Morgan fingerprint density at radius 3 is 1.37 bits per heavy atom. The SMILES string of the molecule is COC(=O)NCC(=O)N1CC2(CC2)CC1c1ncc(-c2ccc(-c3ccc(-c4cnc(C5CC6(CC6)CN5C(=O)CNC(=O)OC)[nH]4)cc3)cc2)[nH]1. The molecule has 4 fully saturated rings. The van der Waals surface area contributed by atoms with Crippen LogP contribution in [0.1, 0.15) is 62.3 Å². The van der Waals surface area contributed by atoms with Gasteiger partial charge in [0.2, 0.25) is 11.8 Å². The van der Waals surface area contributed by atoms with Crippen LogP contribution in [-0.4, -0.2) is 94.1 Å². The predicted octanol–water partition coefficient (Wildman–Crippen LogP) is 4.95. The fourth-order valence-corrected chi connectivity index (χ4v) is 7.84. The summed E-state index contributed by atoms with van der Waals surface area (Å²) in [5.41, 5.74) is 6.16. The normalized spacial score (nSPS) is 20.6. The van der Waals surface area contributed by atoms with E-state index in [0.717, 1.165) is 83.8 Å². The van der Waals surface area contributed by atoms with E-state index in [0.29, 0.717) is 13.1 Å². The van der Waals surface area contributed by atoms with E-state index in [-0.39, 0.29) is 47.8 Å². The maximum atomic E-state index is 13.1. The van der Waals surface area contributed by atoms with E-state index in [1.807, 2.05) is 22.2 Å². The van der Waals surface area contributed by atoms with Crippen LogP contribution >= 0.6 is 0 Å². The third-order valence-electron chi connectivity index (χ3n) is 11.3. The first-order valence-corrected chi connectivity index (χ1v) is 17.7. The summed E-state index contributed by atoms with van der Waals surface area (Å²) in [6.45, 7) is 1.11. The third-order valence-corrected chi connectivity index (χ3v) is 11.3. The van der Waals surface area contributed by atoms with E-state index in [1.165, 1.54) is 14.2 Å². The number of aromatic nitrogens is 4. The molecule has 2 spiro atoms. The summed E-state index contributed by atoms with van der Waals surface area (Å²) in [7, 11) is 2.55. The first-order valence-electron chi connectivity index (χ1n) is 17.7. The molecule has 14 heteroatoms. The molecule has 8 rings (SSSR count). The summed E-state index contributed by atoms with van der Waals surface area (Å²) in [5, 5.41) is 5.01. The molecule has 2 unspecified atom stereocenters. The summed E-state index contributed by atoms with van der Waals surface area (Å²) >= 11 is 0. The number of aromatic amines is 2. The van der Waals surface area contributed by atoms with Gasteiger partial charge in [0.05, 0.1) is 50.1 Å². The highest BCUT2D eigenvalue weighted by atomic mass is 16.5. The van der Waals surface area contributed by atoms with Crippen molar-refractivity contribution in [2.45, 2.75) is 50.6 Å². The zero-order valence-electron chi connectivity index (χ0n) is 29.2. The van der Waals surface area contributed by atoms with Crippen molar-refractivity contribution in [3.8, 4) is 33.6 Å². The standard InChI is InChI=1S/C38H42N8O6/c1-51-35(49)41-19-31(47)45-21-37(11-12-37)15-29(45)33-39-17-27(43-33)25-7-3-23(4-8-25)24-5-9-26(10-6-24)28-18-40-34(44-28)30-16-38(13-14-38)22-46(30)32(48)20-42-36(50)52-2/h3-10,17-18,29-30H,11-16,19-22H2,1-2H3,(H,39,43)(H,40,44)(H,41,49)(H,42,50). The number of alkyl carbamates (subject to hydrolysis) is 2. The Labute approximate surface area is 300 Å². The largest absolute Gasteiger partial charge is 0.453 e. The minimum Gasteiger partial charge on any atom is -0.453 e. The van der Waals surface area contributed by atoms with Gasteiger partial charge in [-0.3, -0.25) is 9.59 Å². The zero-order chi connectivity index (χ0) is 36.0. The molecule has 4 amide bonds. The fourth-order valence-electron chi connectivity index (χ4n) is 7.84. The Morgan fingerprint density at radius 1 is 0.654 bits per heavy atom. The van der Waals surface area contributed by atoms with E-state index in [1.54, 1.807) is 0 Å². The molecule has 2 aliphatic carbocycles. The molecule has 4 aliphatic rings. The molecule has 2 aromatic carbocycles. The minimum absolute atomic E-state index is 0.112. The van der Waals surface area contributed by atoms with Crippen molar-refractivity contribution >= 4 is 24.0 Å². The number of carbonyl (C=O) groups excluding carboxylic acids is 4. The lowest BCUT2D eigenvalue weighted by molar-refractivity contribution is -0.132. The van der Waals surface area contributed by atoms with Crippen LogP contribution in [0.25, 0.3) is 33.6 Å². The molecule has 52 heavy (non-hydrogen) atoms. The molecule has 4 aromatic rings. The lowest BCUT2D eigenvalue weighted by Crippen LogP contribution is -2.40. The second-order valence-electron chi connectivity index (χ2n) is 14.7. The number of ether oxygens (including phenoxy) is 2. The van der Waals surface area contributed by atoms with Crippen molar-refractivity contribution in [3.63, 3.8) is 0 Å². The Hall–Kier alpha value is -5.66. The number of hydrogen-bond donors (Lipinski definition) is 4. The molecule has 2 aliphatic heterocycles. The fraction of sp³-hybridized carbons (Fsp3) is 0.421. The number of nitrogens with zero attached hydrogens (tertiary/aromatic N) is 4. The minimum atomic E-state index is -0.626. The molecule has 2 atom stereocenters. The lowest BCUT2D eigenvalue weighted by atomic mass is 10.0. The molecular weight excluding hydrogens is 664 g/mol. The van der Waals surface area contributed by atoms with E-state index in [4.69, 9.17) is 0 Å². The Bertz CT molecular complexity index is 1850. The van der Waals surface area contributed by atoms with E-state index in [9.17, 15) is 19.2 Å². The van der Waals surface area contributed by atoms with Crippen molar-refractivity contribution in [2.24, 2.45) is 10.8 Å². The maximum absolute atomic E-state index is 13.1. The lowest BCUT2D eigenvalue weighted by Gasteiger charge is -2.23. The van der Waals surface area contributed by atoms with Crippen LogP contribution in [0.3, 0.4) is 0 Å². The molecule has 2 aromatic heterocycles. The summed E-state index contributed by atoms with van der Waals surface area (Å²) in [4.78, 5) is 69.2. The number of amides is 4. The Kier molecular flexibility index (Phi) is 8.47. The second-order valence-corrected chi connectivity index (χ2v) is 14.7. The van der Waals surface area contributed by atoms with Gasteiger partial charge in [-0.25, -0.2) is 19.6 Å². The number of benzene rings is 2. The van der Waals surface area contributed by atoms with Gasteiger partial charge < -0.3 is 39.9 Å². The average Bonchev–Trinajstić information content (AvgIpc) is 3.75. The van der Waals surface area contributed by atoms with E-state index in [2.05, 4.69) is 88.6 Å². The predicted molar refractivity (Wildman–Crippen MR) is 189 cm³/mol. The van der Waals surface area contributed by atoms with Gasteiger partial charge >= 0.3 is 12.2 Å². The van der Waals surface area contributed by atoms with Crippen molar-refractivity contribution in [1.29, 1.82) is 0 Å². The van der Waals surface area contributed by atoms with Crippen molar-refractivity contribution in [1.82, 2.24) is 40.4 Å². The Morgan fingerprint density at radius 2 is 1.02 bits per heavy atom. The highest BCUT2D eigenvalue weighted by Crippen LogP contribution is 2.59. The summed E-state index contributed by atoms with van der Waals surface area (Å²) in [6, 6.07) is 16.2. The van der Waals surface area contributed by atoms with Crippen LogP contribution in [0.4, 0.5) is 9.59 Å². The van der Waals surface area contributed by atoms with Crippen molar-refractivity contribution < 1.29 is 28.7 Å². The van der Waals surface area contributed by atoms with E-state index < -0.39 is 12.2 Å². The number of imidazole rings is 2. The van der Waals surface area contributed by atoms with Crippen molar-refractivity contribution in [2.75, 3.05) is 40.4 Å². The third kappa shape index (κ3) is 6.60. The molecule has 2 saturated heterocycles. The van der Waals surface area contributed by atoms with Crippen LogP contribution in [0.2, 0.25) is 0 Å². The topological polar surface area (TPSA) is 175 Å². The molecule has 2 saturated carbocycles. The number of methoxy groups -OCH3 is 2. The first kappa shape index (κ1) is 33.5. The summed E-state index contributed by atoms with van der Waals surface area (Å²) in [6.07, 6.45) is 8.47. The highest BCUT2D eigenvalue weighted by molar-refractivity contribution is 5.84. The Balaban J connectivity index is 0.923. The van der Waals surface area contributed by atoms with Gasteiger partial charge in [-0.2, -0.15) is 0 Å². The average molecular weight is 707 g/mol. The number of rotatable bonds is 9. The van der Waals surface area contributed by atoms with Gasteiger partial charge in [0.25, 0.3) is 0 Å². The van der Waals surface area contributed by atoms with Gasteiger partial charge in [0.15, 0.2) is 0 Å². The number of H-pyrrole nitrogens is 2. The highest BCUT2D eigenvalue weighted by Gasteiger charge is 2.55. The number of likely N-dealkylation sites (tertiary alicyclic amines) is 2. The van der Waals surface area contributed by atoms with Gasteiger partial charge in [-0.15, -0.1) is 0 Å². The van der Waals surface area contributed by atoms with Crippen LogP contribution < -0.4 is 10.6 Å². The molecule has 14 nitrogen and oxygen atoms in total.